The van der Waals surface area contributed by atoms with Gasteiger partial charge in [-0.2, -0.15) is 0 Å². The van der Waals surface area contributed by atoms with Gasteiger partial charge >= 0.3 is 5.97 Å². The van der Waals surface area contributed by atoms with Crippen molar-refractivity contribution in [3.05, 3.63) is 0 Å². The lowest BCUT2D eigenvalue weighted by atomic mass is 10.1. The normalized spacial score (nSPS) is 24.5. The molecule has 45 heavy (non-hydrogen) atoms. The van der Waals surface area contributed by atoms with Crippen molar-refractivity contribution in [3.8, 4) is 0 Å². The van der Waals surface area contributed by atoms with Crippen LogP contribution in [0.25, 0.3) is 0 Å². The lowest BCUT2D eigenvalue weighted by molar-refractivity contribution is -0.146. The van der Waals surface area contributed by atoms with Crippen LogP contribution >= 0.6 is 0 Å². The SMILES string of the molecule is CC(C)[Si](OC[C@@H]1CCN2CC[C@@H](COC(=O)CN3CCOCCOCCOCCOCCOCC3)NC2=N1)(C(C)C)C(C)C. The summed E-state index contributed by atoms with van der Waals surface area (Å²) < 4.78 is 40.6. The van der Waals surface area contributed by atoms with Crippen LogP contribution in [0, 0.1) is 0 Å². The van der Waals surface area contributed by atoms with Crippen LogP contribution in [0.1, 0.15) is 54.4 Å². The summed E-state index contributed by atoms with van der Waals surface area (Å²) >= 11 is 0. The fraction of sp³-hybridized carbons (Fsp3) is 0.938. The fourth-order valence-electron chi connectivity index (χ4n) is 6.69. The second kappa shape index (κ2) is 20.8. The lowest BCUT2D eigenvalue weighted by Crippen LogP contribution is -2.57. The average Bonchev–Trinajstić information content (AvgIpc) is 3.00. The molecule has 0 aromatic rings. The number of ether oxygens (including phenoxy) is 6. The van der Waals surface area contributed by atoms with Crippen molar-refractivity contribution in [2.45, 2.75) is 83.1 Å². The van der Waals surface area contributed by atoms with Gasteiger partial charge in [0, 0.05) is 26.2 Å². The first kappa shape index (κ1) is 38.1. The maximum absolute atomic E-state index is 12.9. The zero-order chi connectivity index (χ0) is 32.5. The van der Waals surface area contributed by atoms with Gasteiger partial charge in [-0.25, -0.2) is 4.99 Å². The third kappa shape index (κ3) is 13.0. The Morgan fingerprint density at radius 2 is 1.24 bits per heavy atom. The van der Waals surface area contributed by atoms with Gasteiger partial charge in [0.1, 0.15) is 6.61 Å². The summed E-state index contributed by atoms with van der Waals surface area (Å²) in [5, 5.41) is 3.55. The maximum atomic E-state index is 12.9. The Bertz CT molecular complexity index is 825. The molecule has 12 nitrogen and oxygen atoms in total. The summed E-state index contributed by atoms with van der Waals surface area (Å²) in [6, 6.07) is 0.187. The molecule has 3 heterocycles. The van der Waals surface area contributed by atoms with E-state index >= 15 is 0 Å². The molecule has 0 aromatic heterocycles. The van der Waals surface area contributed by atoms with Crippen LogP contribution in [-0.2, 0) is 37.6 Å². The molecule has 13 heteroatoms. The number of fused-ring (bicyclic) bond motifs is 1. The standard InChI is InChI=1S/C32H62N4O8Si/c1-26(2)45(27(3)4,28(5)6)44-25-30-8-10-36-9-7-29(33-32(36)34-30)24-43-31(37)23-35-11-13-38-15-17-40-19-21-42-22-20-41-18-16-39-14-12-35/h26-30H,7-25H2,1-6H3,(H,33,34)/t29-,30-/m0/s1. The molecule has 0 bridgehead atoms. The van der Waals surface area contributed by atoms with E-state index in [9.17, 15) is 4.79 Å². The highest BCUT2D eigenvalue weighted by Crippen LogP contribution is 2.42. The van der Waals surface area contributed by atoms with Crippen LogP contribution in [0.15, 0.2) is 4.99 Å². The quantitative estimate of drug-likeness (QED) is 0.276. The number of carbonyl (C=O) groups excluding carboxylic acids is 1. The minimum Gasteiger partial charge on any atom is -0.463 e. The summed E-state index contributed by atoms with van der Waals surface area (Å²) in [4.78, 5) is 22.3. The number of esters is 1. The molecule has 0 unspecified atom stereocenters. The molecule has 2 fully saturated rings. The monoisotopic (exact) mass is 658 g/mol. The topological polar surface area (TPSA) is 113 Å². The number of hydrogen-bond donors (Lipinski definition) is 1. The number of aliphatic imine (C=N–C) groups is 1. The van der Waals surface area contributed by atoms with Crippen LogP contribution in [0.5, 0.6) is 0 Å². The highest BCUT2D eigenvalue weighted by atomic mass is 28.4. The number of nitrogens with one attached hydrogen (secondary N) is 1. The maximum Gasteiger partial charge on any atom is 0.320 e. The van der Waals surface area contributed by atoms with Crippen molar-refractivity contribution in [2.24, 2.45) is 4.99 Å². The first-order valence-electron chi connectivity index (χ1n) is 17.2. The predicted molar refractivity (Wildman–Crippen MR) is 177 cm³/mol. The van der Waals surface area contributed by atoms with Crippen LogP contribution in [0.3, 0.4) is 0 Å². The lowest BCUT2D eigenvalue weighted by Gasteiger charge is -2.44. The van der Waals surface area contributed by atoms with Crippen molar-refractivity contribution in [1.82, 2.24) is 15.1 Å². The van der Waals surface area contributed by atoms with E-state index in [0.29, 0.717) is 109 Å². The van der Waals surface area contributed by atoms with Gasteiger partial charge in [0.2, 0.25) is 0 Å². The molecule has 0 radical (unpaired) electrons. The first-order chi connectivity index (χ1) is 21.7. The largest absolute Gasteiger partial charge is 0.463 e. The van der Waals surface area contributed by atoms with E-state index in [0.717, 1.165) is 31.9 Å². The molecule has 2 saturated heterocycles. The van der Waals surface area contributed by atoms with Gasteiger partial charge in [0.25, 0.3) is 0 Å². The fourth-order valence-corrected chi connectivity index (χ4v) is 12.2. The van der Waals surface area contributed by atoms with Crippen molar-refractivity contribution in [1.29, 1.82) is 0 Å². The molecule has 3 aliphatic rings. The molecule has 3 aliphatic heterocycles. The van der Waals surface area contributed by atoms with Gasteiger partial charge in [-0.1, -0.05) is 41.5 Å². The summed E-state index contributed by atoms with van der Waals surface area (Å²) in [7, 11) is -1.94. The van der Waals surface area contributed by atoms with Crippen LogP contribution in [0.2, 0.25) is 16.6 Å². The van der Waals surface area contributed by atoms with E-state index in [1.807, 2.05) is 4.90 Å². The van der Waals surface area contributed by atoms with Gasteiger partial charge in [-0.05, 0) is 29.5 Å². The second-order valence-corrected chi connectivity index (χ2v) is 18.6. The zero-order valence-electron chi connectivity index (χ0n) is 28.9. The molecule has 262 valence electrons. The number of carbonyl (C=O) groups is 1. The molecular formula is C32H62N4O8Si. The van der Waals surface area contributed by atoms with Gasteiger partial charge in [0.05, 0.1) is 91.3 Å². The molecule has 0 aromatic carbocycles. The molecule has 0 amide bonds. The van der Waals surface area contributed by atoms with Crippen molar-refractivity contribution in [2.75, 3.05) is 112 Å². The van der Waals surface area contributed by atoms with Crippen LogP contribution in [-0.4, -0.2) is 154 Å². The Labute approximate surface area is 272 Å². The van der Waals surface area contributed by atoms with Crippen LogP contribution in [0.4, 0.5) is 0 Å². The van der Waals surface area contributed by atoms with Crippen molar-refractivity contribution < 1.29 is 37.6 Å². The summed E-state index contributed by atoms with van der Waals surface area (Å²) in [5.41, 5.74) is 1.66. The smallest absolute Gasteiger partial charge is 0.320 e. The summed E-state index contributed by atoms with van der Waals surface area (Å²) in [6.07, 6.45) is 1.90. The Hall–Kier alpha value is -1.32. The van der Waals surface area contributed by atoms with E-state index in [-0.39, 0.29) is 24.6 Å². The van der Waals surface area contributed by atoms with Crippen LogP contribution < -0.4 is 5.32 Å². The van der Waals surface area contributed by atoms with E-state index in [1.165, 1.54) is 0 Å². The molecule has 1 N–H and O–H groups in total. The highest BCUT2D eigenvalue weighted by molar-refractivity contribution is 6.77. The van der Waals surface area contributed by atoms with Gasteiger partial charge in [0.15, 0.2) is 14.3 Å². The predicted octanol–water partition coefficient (Wildman–Crippen LogP) is 2.91. The first-order valence-corrected chi connectivity index (χ1v) is 19.4. The third-order valence-electron chi connectivity index (χ3n) is 9.04. The van der Waals surface area contributed by atoms with Gasteiger partial charge < -0.3 is 43.1 Å². The Kier molecular flexibility index (Phi) is 17.6. The molecule has 2 atom stereocenters. The van der Waals surface area contributed by atoms with E-state index in [2.05, 4.69) is 51.8 Å². The van der Waals surface area contributed by atoms with Crippen molar-refractivity contribution in [3.63, 3.8) is 0 Å². The number of nitrogens with zero attached hydrogens (tertiary/aromatic N) is 3. The average molecular weight is 659 g/mol. The molecule has 0 spiro atoms. The van der Waals surface area contributed by atoms with E-state index < -0.39 is 8.32 Å². The van der Waals surface area contributed by atoms with Crippen molar-refractivity contribution >= 4 is 20.2 Å². The van der Waals surface area contributed by atoms with E-state index in [1.54, 1.807) is 0 Å². The Morgan fingerprint density at radius 1 is 0.756 bits per heavy atom. The second-order valence-electron chi connectivity index (χ2n) is 13.2. The molecule has 0 saturated carbocycles. The Balaban J connectivity index is 1.45. The van der Waals surface area contributed by atoms with E-state index in [4.69, 9.17) is 37.8 Å². The third-order valence-corrected chi connectivity index (χ3v) is 15.1. The van der Waals surface area contributed by atoms with Gasteiger partial charge in [-0.3, -0.25) is 9.69 Å². The minimum absolute atomic E-state index is 0.0384. The molecular weight excluding hydrogens is 596 g/mol. The van der Waals surface area contributed by atoms with Gasteiger partial charge in [-0.15, -0.1) is 0 Å². The molecule has 0 aliphatic carbocycles. The number of rotatable bonds is 10. The number of guanidine groups is 1. The zero-order valence-corrected chi connectivity index (χ0v) is 29.9. The highest BCUT2D eigenvalue weighted by Gasteiger charge is 2.45. The minimum atomic E-state index is -1.94. The summed E-state index contributed by atoms with van der Waals surface area (Å²) in [6.45, 7) is 23.3. The Morgan fingerprint density at radius 3 is 1.76 bits per heavy atom. The summed E-state index contributed by atoms with van der Waals surface area (Å²) in [5.74, 6) is 0.665. The number of hydrogen-bond acceptors (Lipinski definition) is 12. The molecule has 3 rings (SSSR count).